The van der Waals surface area contributed by atoms with Gasteiger partial charge in [-0.1, -0.05) is 6.07 Å². The van der Waals surface area contributed by atoms with Crippen LogP contribution in [0.15, 0.2) is 42.6 Å². The topological polar surface area (TPSA) is 76.2 Å². The monoisotopic (exact) mass is 323 g/mol. The van der Waals surface area contributed by atoms with Crippen molar-refractivity contribution in [3.8, 4) is 11.5 Å². The maximum absolute atomic E-state index is 12.5. The summed E-state index contributed by atoms with van der Waals surface area (Å²) in [4.78, 5) is 12.5. The first-order valence-corrected chi connectivity index (χ1v) is 7.76. The van der Waals surface area contributed by atoms with E-state index in [0.717, 1.165) is 33.7 Å². The van der Waals surface area contributed by atoms with Crippen LogP contribution in [0.4, 0.5) is 5.69 Å². The molecule has 24 heavy (non-hydrogen) atoms. The highest BCUT2D eigenvalue weighted by Gasteiger charge is 2.26. The minimum Gasteiger partial charge on any atom is -0.497 e. The Bertz CT molecular complexity index is 903. The van der Waals surface area contributed by atoms with Gasteiger partial charge in [-0.15, -0.1) is 0 Å². The number of fused-ring (bicyclic) bond motifs is 2. The van der Waals surface area contributed by atoms with Gasteiger partial charge in [0.05, 0.1) is 24.7 Å². The molecule has 1 aromatic heterocycles. The number of benzene rings is 2. The fraction of sp³-hybridized carbons (Fsp3) is 0.222. The van der Waals surface area contributed by atoms with E-state index in [1.165, 1.54) is 0 Å². The molecule has 3 aromatic rings. The predicted octanol–water partition coefficient (Wildman–Crippen LogP) is 2.76. The van der Waals surface area contributed by atoms with E-state index in [-0.39, 0.29) is 11.8 Å². The molecule has 1 aliphatic heterocycles. The Morgan fingerprint density at radius 3 is 3.12 bits per heavy atom. The van der Waals surface area contributed by atoms with Crippen molar-refractivity contribution in [2.75, 3.05) is 19.0 Å². The number of carbonyl (C=O) groups is 1. The highest BCUT2D eigenvalue weighted by atomic mass is 16.5. The number of H-pyrrole nitrogens is 1. The fourth-order valence-electron chi connectivity index (χ4n) is 2.91. The lowest BCUT2D eigenvalue weighted by atomic mass is 9.95. The molecule has 6 heteroatoms. The third-order valence-electron chi connectivity index (χ3n) is 4.26. The maximum Gasteiger partial charge on any atom is 0.231 e. The first-order chi connectivity index (χ1) is 11.7. The maximum atomic E-state index is 12.5. The summed E-state index contributed by atoms with van der Waals surface area (Å²) >= 11 is 0. The van der Waals surface area contributed by atoms with E-state index in [0.29, 0.717) is 13.0 Å². The molecule has 2 aromatic carbocycles. The lowest BCUT2D eigenvalue weighted by molar-refractivity contribution is -0.121. The van der Waals surface area contributed by atoms with Crippen LogP contribution in [0.1, 0.15) is 5.56 Å². The highest BCUT2D eigenvalue weighted by Crippen LogP contribution is 2.31. The van der Waals surface area contributed by atoms with Crippen molar-refractivity contribution in [1.29, 1.82) is 0 Å². The Balaban J connectivity index is 1.48. The van der Waals surface area contributed by atoms with E-state index < -0.39 is 0 Å². The van der Waals surface area contributed by atoms with Crippen molar-refractivity contribution in [3.63, 3.8) is 0 Å². The molecule has 1 aliphatic rings. The van der Waals surface area contributed by atoms with Crippen molar-refractivity contribution < 1.29 is 14.3 Å². The van der Waals surface area contributed by atoms with Crippen molar-refractivity contribution in [3.05, 3.63) is 48.2 Å². The molecular weight excluding hydrogens is 306 g/mol. The van der Waals surface area contributed by atoms with Crippen LogP contribution in [0.2, 0.25) is 0 Å². The van der Waals surface area contributed by atoms with Crippen molar-refractivity contribution in [1.82, 2.24) is 10.2 Å². The number of hydrogen-bond acceptors (Lipinski definition) is 4. The van der Waals surface area contributed by atoms with Crippen LogP contribution in [0.3, 0.4) is 0 Å². The number of methoxy groups -OCH3 is 1. The van der Waals surface area contributed by atoms with E-state index in [9.17, 15) is 4.79 Å². The second kappa shape index (κ2) is 5.88. The van der Waals surface area contributed by atoms with Crippen LogP contribution in [0.25, 0.3) is 10.9 Å². The van der Waals surface area contributed by atoms with E-state index in [2.05, 4.69) is 15.5 Å². The Labute approximate surface area is 138 Å². The largest absolute Gasteiger partial charge is 0.497 e. The number of hydrogen-bond donors (Lipinski definition) is 2. The summed E-state index contributed by atoms with van der Waals surface area (Å²) in [6.07, 6.45) is 2.40. The van der Waals surface area contributed by atoms with Crippen LogP contribution < -0.4 is 14.8 Å². The number of amides is 1. The van der Waals surface area contributed by atoms with Gasteiger partial charge in [-0.05, 0) is 36.2 Å². The number of ether oxygens (including phenoxy) is 2. The van der Waals surface area contributed by atoms with Gasteiger partial charge in [0.1, 0.15) is 18.1 Å². The summed E-state index contributed by atoms with van der Waals surface area (Å²) in [6.45, 7) is 0.359. The first-order valence-electron chi connectivity index (χ1n) is 7.76. The van der Waals surface area contributed by atoms with Gasteiger partial charge in [-0.25, -0.2) is 0 Å². The molecule has 122 valence electrons. The van der Waals surface area contributed by atoms with Gasteiger partial charge in [0, 0.05) is 17.1 Å². The Morgan fingerprint density at radius 2 is 2.25 bits per heavy atom. The number of rotatable bonds is 3. The van der Waals surface area contributed by atoms with Gasteiger partial charge in [-0.2, -0.15) is 5.10 Å². The molecule has 1 unspecified atom stereocenters. The van der Waals surface area contributed by atoms with Crippen LogP contribution in [-0.4, -0.2) is 29.8 Å². The summed E-state index contributed by atoms with van der Waals surface area (Å²) < 4.78 is 10.9. The van der Waals surface area contributed by atoms with Crippen LogP contribution >= 0.6 is 0 Å². The molecule has 0 radical (unpaired) electrons. The second-order valence-corrected chi connectivity index (χ2v) is 5.85. The summed E-state index contributed by atoms with van der Waals surface area (Å²) in [5.41, 5.74) is 2.66. The Kier molecular flexibility index (Phi) is 3.57. The quantitative estimate of drug-likeness (QED) is 0.777. The minimum atomic E-state index is -0.219. The van der Waals surface area contributed by atoms with E-state index in [4.69, 9.17) is 9.47 Å². The molecule has 2 heterocycles. The lowest BCUT2D eigenvalue weighted by Gasteiger charge is -2.25. The van der Waals surface area contributed by atoms with Crippen LogP contribution in [0, 0.1) is 5.92 Å². The average Bonchev–Trinajstić information content (AvgIpc) is 3.08. The predicted molar refractivity (Wildman–Crippen MR) is 90.4 cm³/mol. The van der Waals surface area contributed by atoms with Crippen molar-refractivity contribution in [2.24, 2.45) is 5.92 Å². The zero-order chi connectivity index (χ0) is 16.5. The fourth-order valence-corrected chi connectivity index (χ4v) is 2.91. The molecular formula is C18H17N3O3. The van der Waals surface area contributed by atoms with Gasteiger partial charge in [-0.3, -0.25) is 9.89 Å². The van der Waals surface area contributed by atoms with Gasteiger partial charge in [0.25, 0.3) is 0 Å². The smallest absolute Gasteiger partial charge is 0.231 e. The SMILES string of the molecule is COc1ccc2c(c1)OCC(C(=O)Nc1ccc3cn[nH]c3c1)C2. The Morgan fingerprint density at radius 1 is 1.33 bits per heavy atom. The summed E-state index contributed by atoms with van der Waals surface area (Å²) in [6, 6.07) is 11.4. The molecule has 4 rings (SSSR count). The molecule has 0 aliphatic carbocycles. The third-order valence-corrected chi connectivity index (χ3v) is 4.26. The second-order valence-electron chi connectivity index (χ2n) is 5.85. The average molecular weight is 323 g/mol. The number of nitrogens with one attached hydrogen (secondary N) is 2. The van der Waals surface area contributed by atoms with Crippen molar-refractivity contribution >= 4 is 22.5 Å². The zero-order valence-corrected chi connectivity index (χ0v) is 13.2. The lowest BCUT2D eigenvalue weighted by Crippen LogP contribution is -2.32. The number of anilines is 1. The zero-order valence-electron chi connectivity index (χ0n) is 13.2. The van der Waals surface area contributed by atoms with Gasteiger partial charge in [0.15, 0.2) is 0 Å². The first kappa shape index (κ1) is 14.6. The number of aromatic nitrogens is 2. The normalized spacial score (nSPS) is 16.3. The summed E-state index contributed by atoms with van der Waals surface area (Å²) in [5.74, 6) is 1.28. The molecule has 0 saturated heterocycles. The van der Waals surface area contributed by atoms with E-state index in [1.54, 1.807) is 13.3 Å². The molecule has 6 nitrogen and oxygen atoms in total. The molecule has 0 fully saturated rings. The van der Waals surface area contributed by atoms with Gasteiger partial charge >= 0.3 is 0 Å². The van der Waals surface area contributed by atoms with Crippen molar-refractivity contribution in [2.45, 2.75) is 6.42 Å². The Hall–Kier alpha value is -3.02. The summed E-state index contributed by atoms with van der Waals surface area (Å²) in [7, 11) is 1.62. The molecule has 0 bridgehead atoms. The van der Waals surface area contributed by atoms with Crippen LogP contribution in [0.5, 0.6) is 11.5 Å². The van der Waals surface area contributed by atoms with Gasteiger partial charge in [0.2, 0.25) is 5.91 Å². The molecule has 1 amide bonds. The third kappa shape index (κ3) is 2.67. The summed E-state index contributed by atoms with van der Waals surface area (Å²) in [5, 5.41) is 10.8. The molecule has 1 atom stereocenters. The highest BCUT2D eigenvalue weighted by molar-refractivity contribution is 5.95. The number of aromatic amines is 1. The number of nitrogens with zero attached hydrogens (tertiary/aromatic N) is 1. The van der Waals surface area contributed by atoms with E-state index in [1.807, 2.05) is 36.4 Å². The number of carbonyl (C=O) groups excluding carboxylic acids is 1. The minimum absolute atomic E-state index is 0.0460. The molecule has 0 saturated carbocycles. The standard InChI is InChI=1S/C18H17N3O3/c1-23-15-5-3-11-6-13(10-24-17(11)8-15)18(22)20-14-4-2-12-9-19-21-16(12)7-14/h2-5,7-9,13H,6,10H2,1H3,(H,19,21)(H,20,22). The molecule has 0 spiro atoms. The van der Waals surface area contributed by atoms with Crippen LogP contribution in [-0.2, 0) is 11.2 Å². The molecule has 2 N–H and O–H groups in total. The van der Waals surface area contributed by atoms with E-state index >= 15 is 0 Å². The van der Waals surface area contributed by atoms with Gasteiger partial charge < -0.3 is 14.8 Å².